The SMILES string of the molecule is Cc1[nH]ncc1-c1ccc(C(C)C)nc1. The van der Waals surface area contributed by atoms with Crippen molar-refractivity contribution in [3.05, 3.63) is 35.9 Å². The van der Waals surface area contributed by atoms with Gasteiger partial charge in [-0.25, -0.2) is 0 Å². The zero-order valence-electron chi connectivity index (χ0n) is 9.28. The van der Waals surface area contributed by atoms with Gasteiger partial charge in [-0.2, -0.15) is 5.10 Å². The Kier molecular flexibility index (Phi) is 2.54. The Morgan fingerprint density at radius 2 is 2.00 bits per heavy atom. The summed E-state index contributed by atoms with van der Waals surface area (Å²) in [5.41, 5.74) is 4.44. The first-order valence-electron chi connectivity index (χ1n) is 5.15. The lowest BCUT2D eigenvalue weighted by Gasteiger charge is -2.05. The Morgan fingerprint density at radius 1 is 1.20 bits per heavy atom. The van der Waals surface area contributed by atoms with Crippen LogP contribution < -0.4 is 0 Å². The van der Waals surface area contributed by atoms with E-state index in [0.29, 0.717) is 5.92 Å². The van der Waals surface area contributed by atoms with Gasteiger partial charge in [0.05, 0.1) is 6.20 Å². The zero-order chi connectivity index (χ0) is 10.8. The normalized spacial score (nSPS) is 10.9. The van der Waals surface area contributed by atoms with Crippen molar-refractivity contribution in [2.24, 2.45) is 0 Å². The lowest BCUT2D eigenvalue weighted by atomic mass is 10.1. The van der Waals surface area contributed by atoms with E-state index in [4.69, 9.17) is 0 Å². The fourth-order valence-corrected chi connectivity index (χ4v) is 1.55. The highest BCUT2D eigenvalue weighted by atomic mass is 15.1. The molecule has 0 fully saturated rings. The zero-order valence-corrected chi connectivity index (χ0v) is 9.28. The monoisotopic (exact) mass is 201 g/mol. The number of nitrogens with one attached hydrogen (secondary N) is 1. The average molecular weight is 201 g/mol. The molecule has 78 valence electrons. The number of hydrogen-bond acceptors (Lipinski definition) is 2. The summed E-state index contributed by atoms with van der Waals surface area (Å²) in [6.07, 6.45) is 3.74. The maximum atomic E-state index is 4.43. The largest absolute Gasteiger partial charge is 0.282 e. The number of hydrogen-bond donors (Lipinski definition) is 1. The van der Waals surface area contributed by atoms with Crippen LogP contribution in [0.2, 0.25) is 0 Å². The Bertz CT molecular complexity index is 440. The number of aromatic amines is 1. The minimum absolute atomic E-state index is 0.476. The maximum absolute atomic E-state index is 4.43. The molecule has 0 saturated heterocycles. The summed E-state index contributed by atoms with van der Waals surface area (Å²) in [6, 6.07) is 4.17. The second-order valence-electron chi connectivity index (χ2n) is 4.04. The summed E-state index contributed by atoms with van der Waals surface area (Å²) in [5, 5.41) is 6.93. The standard InChI is InChI=1S/C12H15N3/c1-8(2)12-5-4-10(6-13-12)11-7-14-15-9(11)3/h4-8H,1-3H3,(H,14,15). The van der Waals surface area contributed by atoms with Crippen molar-refractivity contribution >= 4 is 0 Å². The van der Waals surface area contributed by atoms with E-state index in [9.17, 15) is 0 Å². The fraction of sp³-hybridized carbons (Fsp3) is 0.333. The molecule has 0 aliphatic carbocycles. The molecule has 0 bridgehead atoms. The second-order valence-corrected chi connectivity index (χ2v) is 4.04. The van der Waals surface area contributed by atoms with Crippen molar-refractivity contribution in [2.75, 3.05) is 0 Å². The van der Waals surface area contributed by atoms with Gasteiger partial charge in [0.2, 0.25) is 0 Å². The molecule has 0 spiro atoms. The molecule has 0 radical (unpaired) electrons. The predicted molar refractivity (Wildman–Crippen MR) is 60.6 cm³/mol. The van der Waals surface area contributed by atoms with Gasteiger partial charge in [-0.15, -0.1) is 0 Å². The van der Waals surface area contributed by atoms with Gasteiger partial charge >= 0.3 is 0 Å². The topological polar surface area (TPSA) is 41.6 Å². The molecule has 3 heteroatoms. The number of H-pyrrole nitrogens is 1. The minimum Gasteiger partial charge on any atom is -0.282 e. The van der Waals surface area contributed by atoms with E-state index in [-0.39, 0.29) is 0 Å². The third kappa shape index (κ3) is 1.91. The van der Waals surface area contributed by atoms with Crippen molar-refractivity contribution in [1.82, 2.24) is 15.2 Å². The van der Waals surface area contributed by atoms with E-state index in [1.165, 1.54) is 0 Å². The number of pyridine rings is 1. The highest BCUT2D eigenvalue weighted by Gasteiger charge is 2.05. The van der Waals surface area contributed by atoms with Crippen molar-refractivity contribution in [3.8, 4) is 11.1 Å². The summed E-state index contributed by atoms with van der Waals surface area (Å²) in [4.78, 5) is 4.43. The molecule has 3 nitrogen and oxygen atoms in total. The van der Waals surface area contributed by atoms with Gasteiger partial charge in [0, 0.05) is 28.7 Å². The van der Waals surface area contributed by atoms with Gasteiger partial charge in [0.15, 0.2) is 0 Å². The quantitative estimate of drug-likeness (QED) is 0.811. The average Bonchev–Trinajstić information content (AvgIpc) is 2.65. The molecule has 1 N–H and O–H groups in total. The van der Waals surface area contributed by atoms with E-state index in [2.05, 4.69) is 41.2 Å². The predicted octanol–water partition coefficient (Wildman–Crippen LogP) is 2.90. The first-order valence-corrected chi connectivity index (χ1v) is 5.15. The molecule has 2 rings (SSSR count). The molecule has 0 unspecified atom stereocenters. The highest BCUT2D eigenvalue weighted by Crippen LogP contribution is 2.21. The van der Waals surface area contributed by atoms with E-state index in [1.54, 1.807) is 0 Å². The van der Waals surface area contributed by atoms with E-state index in [0.717, 1.165) is 22.5 Å². The summed E-state index contributed by atoms with van der Waals surface area (Å²) < 4.78 is 0. The molecule has 0 atom stereocenters. The third-order valence-electron chi connectivity index (χ3n) is 2.52. The Morgan fingerprint density at radius 3 is 2.47 bits per heavy atom. The molecule has 2 heterocycles. The molecule has 15 heavy (non-hydrogen) atoms. The molecule has 2 aromatic heterocycles. The fourth-order valence-electron chi connectivity index (χ4n) is 1.55. The maximum Gasteiger partial charge on any atom is 0.0569 e. The second kappa shape index (κ2) is 3.85. The summed E-state index contributed by atoms with van der Waals surface area (Å²) in [5.74, 6) is 0.476. The van der Waals surface area contributed by atoms with Crippen LogP contribution in [0.15, 0.2) is 24.5 Å². The van der Waals surface area contributed by atoms with Crippen LogP contribution in [0.4, 0.5) is 0 Å². The summed E-state index contributed by atoms with van der Waals surface area (Å²) >= 11 is 0. The van der Waals surface area contributed by atoms with E-state index >= 15 is 0 Å². The van der Waals surface area contributed by atoms with E-state index in [1.807, 2.05) is 19.3 Å². The van der Waals surface area contributed by atoms with Gasteiger partial charge < -0.3 is 0 Å². The number of nitrogens with zero attached hydrogens (tertiary/aromatic N) is 2. The first-order chi connectivity index (χ1) is 7.18. The Balaban J connectivity index is 2.36. The lowest BCUT2D eigenvalue weighted by molar-refractivity contribution is 0.823. The van der Waals surface area contributed by atoms with Crippen LogP contribution in [-0.2, 0) is 0 Å². The molecule has 2 aromatic rings. The smallest absolute Gasteiger partial charge is 0.0569 e. The van der Waals surface area contributed by atoms with E-state index < -0.39 is 0 Å². The van der Waals surface area contributed by atoms with Gasteiger partial charge in [-0.3, -0.25) is 10.1 Å². The summed E-state index contributed by atoms with van der Waals surface area (Å²) in [6.45, 7) is 6.30. The van der Waals surface area contributed by atoms with Gasteiger partial charge in [-0.05, 0) is 18.9 Å². The third-order valence-corrected chi connectivity index (χ3v) is 2.52. The first kappa shape index (κ1) is 9.90. The molecule has 0 amide bonds. The van der Waals surface area contributed by atoms with Crippen molar-refractivity contribution in [2.45, 2.75) is 26.7 Å². The number of aromatic nitrogens is 3. The van der Waals surface area contributed by atoms with Crippen LogP contribution in [0, 0.1) is 6.92 Å². The van der Waals surface area contributed by atoms with Crippen LogP contribution in [0.5, 0.6) is 0 Å². The van der Waals surface area contributed by atoms with Gasteiger partial charge in [0.25, 0.3) is 0 Å². The number of aryl methyl sites for hydroxylation is 1. The van der Waals surface area contributed by atoms with Crippen LogP contribution in [-0.4, -0.2) is 15.2 Å². The molecular formula is C12H15N3. The number of rotatable bonds is 2. The van der Waals surface area contributed by atoms with Crippen molar-refractivity contribution in [3.63, 3.8) is 0 Å². The van der Waals surface area contributed by atoms with Crippen LogP contribution in [0.3, 0.4) is 0 Å². The van der Waals surface area contributed by atoms with Crippen LogP contribution in [0.1, 0.15) is 31.2 Å². The minimum atomic E-state index is 0.476. The lowest BCUT2D eigenvalue weighted by Crippen LogP contribution is -1.91. The molecular weight excluding hydrogens is 186 g/mol. The van der Waals surface area contributed by atoms with Gasteiger partial charge in [-0.1, -0.05) is 19.9 Å². The van der Waals surface area contributed by atoms with Crippen LogP contribution in [0.25, 0.3) is 11.1 Å². The van der Waals surface area contributed by atoms with Crippen LogP contribution >= 0.6 is 0 Å². The van der Waals surface area contributed by atoms with Crippen molar-refractivity contribution in [1.29, 1.82) is 0 Å². The molecule has 0 aliphatic heterocycles. The highest BCUT2D eigenvalue weighted by molar-refractivity contribution is 5.63. The molecule has 0 aromatic carbocycles. The van der Waals surface area contributed by atoms with Gasteiger partial charge in [0.1, 0.15) is 0 Å². The summed E-state index contributed by atoms with van der Waals surface area (Å²) in [7, 11) is 0. The molecule has 0 aliphatic rings. The Hall–Kier alpha value is -1.64. The van der Waals surface area contributed by atoms with Crippen molar-refractivity contribution < 1.29 is 0 Å². The molecule has 0 saturated carbocycles. The Labute approximate surface area is 89.6 Å².